The molecule has 1 aliphatic heterocycles. The normalized spacial score (nSPS) is 30.5. The standard InChI is InChI=1S/C19H31N3O4/c1-11(2)21-18(25)16-13-8-7-12(3)14(17(24)20-4)15(13)19(26)22(16)9-5-6-10-23/h7-8,11-16,23H,5-6,9-10H2,1-4H3,(H,20,24)(H,21,25)/t12-,13+,14-,15-,16+/m1/s1. The molecule has 3 N–H and O–H groups in total. The van der Waals surface area contributed by atoms with Gasteiger partial charge in [-0.05, 0) is 32.6 Å². The van der Waals surface area contributed by atoms with Gasteiger partial charge in [0.25, 0.3) is 0 Å². The van der Waals surface area contributed by atoms with Crippen molar-refractivity contribution in [1.82, 2.24) is 15.5 Å². The van der Waals surface area contributed by atoms with Crippen molar-refractivity contribution >= 4 is 17.7 Å². The average molecular weight is 365 g/mol. The van der Waals surface area contributed by atoms with Crippen LogP contribution in [0.3, 0.4) is 0 Å². The van der Waals surface area contributed by atoms with Crippen molar-refractivity contribution in [1.29, 1.82) is 0 Å². The Hall–Kier alpha value is -1.89. The number of fused-ring (bicyclic) bond motifs is 1. The quantitative estimate of drug-likeness (QED) is 0.446. The van der Waals surface area contributed by atoms with Crippen LogP contribution in [-0.2, 0) is 14.4 Å². The van der Waals surface area contributed by atoms with E-state index in [1.807, 2.05) is 32.9 Å². The highest BCUT2D eigenvalue weighted by molar-refractivity contribution is 5.96. The first-order chi connectivity index (χ1) is 12.3. The van der Waals surface area contributed by atoms with E-state index in [0.717, 1.165) is 0 Å². The number of carbonyl (C=O) groups excluding carboxylic acids is 3. The molecular formula is C19H31N3O4. The van der Waals surface area contributed by atoms with Gasteiger partial charge < -0.3 is 20.6 Å². The van der Waals surface area contributed by atoms with Crippen LogP contribution in [0, 0.1) is 23.7 Å². The first-order valence-corrected chi connectivity index (χ1v) is 9.45. The van der Waals surface area contributed by atoms with E-state index in [9.17, 15) is 14.4 Å². The van der Waals surface area contributed by atoms with Crippen molar-refractivity contribution in [2.75, 3.05) is 20.2 Å². The predicted molar refractivity (Wildman–Crippen MR) is 97.9 cm³/mol. The maximum atomic E-state index is 13.2. The Labute approximate surface area is 155 Å². The summed E-state index contributed by atoms with van der Waals surface area (Å²) in [6, 6.07) is -0.637. The Bertz CT molecular complexity index is 575. The molecule has 0 bridgehead atoms. The van der Waals surface area contributed by atoms with Gasteiger partial charge in [-0.25, -0.2) is 0 Å². The Balaban J connectivity index is 2.36. The van der Waals surface area contributed by atoms with Crippen LogP contribution in [0.15, 0.2) is 12.2 Å². The molecular weight excluding hydrogens is 334 g/mol. The maximum Gasteiger partial charge on any atom is 0.243 e. The number of carbonyl (C=O) groups is 3. The minimum Gasteiger partial charge on any atom is -0.396 e. The smallest absolute Gasteiger partial charge is 0.243 e. The van der Waals surface area contributed by atoms with E-state index in [1.165, 1.54) is 0 Å². The second kappa shape index (κ2) is 8.66. The Kier molecular flexibility index (Phi) is 6.81. The summed E-state index contributed by atoms with van der Waals surface area (Å²) in [5, 5.41) is 14.6. The molecule has 0 aromatic heterocycles. The number of unbranched alkanes of at least 4 members (excludes halogenated alkanes) is 1. The van der Waals surface area contributed by atoms with Gasteiger partial charge >= 0.3 is 0 Å². The van der Waals surface area contributed by atoms with Crippen molar-refractivity contribution in [2.24, 2.45) is 23.7 Å². The number of amides is 3. The van der Waals surface area contributed by atoms with Crippen LogP contribution in [0.4, 0.5) is 0 Å². The number of allylic oxidation sites excluding steroid dienone is 1. The van der Waals surface area contributed by atoms with Crippen LogP contribution in [-0.4, -0.2) is 60.0 Å². The number of likely N-dealkylation sites (tertiary alicyclic amines) is 1. The summed E-state index contributed by atoms with van der Waals surface area (Å²) in [6.07, 6.45) is 5.07. The molecule has 3 amide bonds. The van der Waals surface area contributed by atoms with E-state index in [2.05, 4.69) is 10.6 Å². The van der Waals surface area contributed by atoms with Crippen molar-refractivity contribution in [3.8, 4) is 0 Å². The molecule has 0 unspecified atom stereocenters. The number of nitrogens with zero attached hydrogens (tertiary/aromatic N) is 1. The fourth-order valence-corrected chi connectivity index (χ4v) is 4.16. The third-order valence-electron chi connectivity index (χ3n) is 5.33. The highest BCUT2D eigenvalue weighted by atomic mass is 16.3. The van der Waals surface area contributed by atoms with E-state index >= 15 is 0 Å². The first-order valence-electron chi connectivity index (χ1n) is 9.45. The summed E-state index contributed by atoms with van der Waals surface area (Å²) in [7, 11) is 1.57. The van der Waals surface area contributed by atoms with Crippen LogP contribution in [0.2, 0.25) is 0 Å². The molecule has 26 heavy (non-hydrogen) atoms. The monoisotopic (exact) mass is 365 g/mol. The first kappa shape index (κ1) is 20.4. The SMILES string of the molecule is CNC(=O)[C@H]1[C@@H]2C(=O)N(CCCCO)[C@H](C(=O)NC(C)C)[C@H]2C=C[C@H]1C. The number of aliphatic hydroxyl groups is 1. The van der Waals surface area contributed by atoms with Crippen molar-refractivity contribution < 1.29 is 19.5 Å². The van der Waals surface area contributed by atoms with Crippen molar-refractivity contribution in [3.05, 3.63) is 12.2 Å². The van der Waals surface area contributed by atoms with Gasteiger partial charge in [0.1, 0.15) is 6.04 Å². The number of hydrogen-bond donors (Lipinski definition) is 3. The van der Waals surface area contributed by atoms with Gasteiger partial charge in [0.2, 0.25) is 17.7 Å². The highest BCUT2D eigenvalue weighted by Crippen LogP contribution is 2.43. The lowest BCUT2D eigenvalue weighted by molar-refractivity contribution is -0.140. The molecule has 0 aromatic rings. The molecule has 1 fully saturated rings. The third-order valence-corrected chi connectivity index (χ3v) is 5.33. The molecule has 5 atom stereocenters. The Morgan fingerprint density at radius 1 is 1.23 bits per heavy atom. The van der Waals surface area contributed by atoms with E-state index in [1.54, 1.807) is 11.9 Å². The van der Waals surface area contributed by atoms with Gasteiger partial charge in [-0.1, -0.05) is 19.1 Å². The fraction of sp³-hybridized carbons (Fsp3) is 0.737. The van der Waals surface area contributed by atoms with Crippen LogP contribution >= 0.6 is 0 Å². The fourth-order valence-electron chi connectivity index (χ4n) is 4.16. The summed E-state index contributed by atoms with van der Waals surface area (Å²) in [5.74, 6) is -1.85. The van der Waals surface area contributed by atoms with Gasteiger partial charge in [-0.15, -0.1) is 0 Å². The van der Waals surface area contributed by atoms with Crippen LogP contribution < -0.4 is 10.6 Å². The van der Waals surface area contributed by atoms with Crippen LogP contribution in [0.5, 0.6) is 0 Å². The molecule has 1 saturated heterocycles. The molecule has 1 heterocycles. The molecule has 146 valence electrons. The molecule has 2 aliphatic rings. The van der Waals surface area contributed by atoms with Gasteiger partial charge in [0, 0.05) is 32.2 Å². The number of hydrogen-bond acceptors (Lipinski definition) is 4. The minimum absolute atomic E-state index is 0.0304. The molecule has 7 nitrogen and oxygen atoms in total. The minimum atomic E-state index is -0.607. The highest BCUT2D eigenvalue weighted by Gasteiger charge is 2.56. The van der Waals surface area contributed by atoms with Gasteiger partial charge in [0.15, 0.2) is 0 Å². The van der Waals surface area contributed by atoms with Crippen LogP contribution in [0.1, 0.15) is 33.6 Å². The molecule has 7 heteroatoms. The lowest BCUT2D eigenvalue weighted by Crippen LogP contribution is -2.49. The summed E-state index contributed by atoms with van der Waals surface area (Å²) >= 11 is 0. The lowest BCUT2D eigenvalue weighted by atomic mass is 9.70. The van der Waals surface area contributed by atoms with Gasteiger partial charge in [-0.3, -0.25) is 14.4 Å². The predicted octanol–water partition coefficient (Wildman–Crippen LogP) is 0.295. The topological polar surface area (TPSA) is 98.7 Å². The maximum absolute atomic E-state index is 13.2. The molecule has 0 aromatic carbocycles. The van der Waals surface area contributed by atoms with Crippen molar-refractivity contribution in [3.63, 3.8) is 0 Å². The number of nitrogens with one attached hydrogen (secondary N) is 2. The van der Waals surface area contributed by atoms with Crippen LogP contribution in [0.25, 0.3) is 0 Å². The van der Waals surface area contributed by atoms with E-state index < -0.39 is 17.9 Å². The third kappa shape index (κ3) is 3.92. The molecule has 1 aliphatic carbocycles. The van der Waals surface area contributed by atoms with E-state index in [4.69, 9.17) is 5.11 Å². The molecule has 0 spiro atoms. The van der Waals surface area contributed by atoms with E-state index in [-0.39, 0.29) is 42.2 Å². The summed E-state index contributed by atoms with van der Waals surface area (Å²) < 4.78 is 0. The van der Waals surface area contributed by atoms with Gasteiger partial charge in [0.05, 0.1) is 11.8 Å². The van der Waals surface area contributed by atoms with Crippen molar-refractivity contribution in [2.45, 2.75) is 45.7 Å². The lowest BCUT2D eigenvalue weighted by Gasteiger charge is -2.32. The molecule has 2 rings (SSSR count). The second-order valence-electron chi connectivity index (χ2n) is 7.56. The zero-order valence-corrected chi connectivity index (χ0v) is 16.1. The molecule has 0 radical (unpaired) electrons. The Morgan fingerprint density at radius 2 is 1.92 bits per heavy atom. The number of aliphatic hydroxyl groups excluding tert-OH is 1. The van der Waals surface area contributed by atoms with E-state index in [0.29, 0.717) is 19.4 Å². The van der Waals surface area contributed by atoms with Gasteiger partial charge in [-0.2, -0.15) is 0 Å². The summed E-state index contributed by atoms with van der Waals surface area (Å²) in [5.41, 5.74) is 0. The Morgan fingerprint density at radius 3 is 2.50 bits per heavy atom. The number of rotatable bonds is 7. The zero-order chi connectivity index (χ0) is 19.4. The largest absolute Gasteiger partial charge is 0.396 e. The zero-order valence-electron chi connectivity index (χ0n) is 16.1. The average Bonchev–Trinajstić information content (AvgIpc) is 2.86. The molecule has 0 saturated carbocycles. The second-order valence-corrected chi connectivity index (χ2v) is 7.56. The summed E-state index contributed by atoms with van der Waals surface area (Å²) in [4.78, 5) is 40.1. The summed E-state index contributed by atoms with van der Waals surface area (Å²) in [6.45, 7) is 6.15.